The Morgan fingerprint density at radius 2 is 1.76 bits per heavy atom. The average molecular weight is 338 g/mol. The van der Waals surface area contributed by atoms with E-state index in [4.69, 9.17) is 4.74 Å². The van der Waals surface area contributed by atoms with Crippen LogP contribution in [0.3, 0.4) is 0 Å². The van der Waals surface area contributed by atoms with Crippen molar-refractivity contribution in [3.05, 3.63) is 58.4 Å². The summed E-state index contributed by atoms with van der Waals surface area (Å²) in [6, 6.07) is 10.4. The van der Waals surface area contributed by atoms with Gasteiger partial charge in [0.25, 0.3) is 0 Å². The number of ether oxygens (including phenoxy) is 1. The van der Waals surface area contributed by atoms with Gasteiger partial charge in [0.1, 0.15) is 24.3 Å². The molecular formula is C21H26N2O2. The van der Waals surface area contributed by atoms with Crippen molar-refractivity contribution in [3.8, 4) is 5.75 Å². The lowest BCUT2D eigenvalue weighted by molar-refractivity contribution is 0.181. The van der Waals surface area contributed by atoms with E-state index in [2.05, 4.69) is 61.5 Å². The fraction of sp³-hybridized carbons (Fsp3) is 0.381. The van der Waals surface area contributed by atoms with Gasteiger partial charge in [0.2, 0.25) is 0 Å². The summed E-state index contributed by atoms with van der Waals surface area (Å²) in [5.74, 6) is 1.59. The Balaban J connectivity index is 1.87. The van der Waals surface area contributed by atoms with E-state index in [0.29, 0.717) is 19.0 Å². The van der Waals surface area contributed by atoms with Crippen LogP contribution in [-0.4, -0.2) is 21.3 Å². The van der Waals surface area contributed by atoms with E-state index in [-0.39, 0.29) is 0 Å². The van der Waals surface area contributed by atoms with Gasteiger partial charge in [0, 0.05) is 0 Å². The number of aromatic nitrogens is 2. The van der Waals surface area contributed by atoms with Crippen molar-refractivity contribution in [1.82, 2.24) is 9.55 Å². The Hall–Kier alpha value is -2.33. The van der Waals surface area contributed by atoms with Gasteiger partial charge < -0.3 is 14.4 Å². The second-order valence-electron chi connectivity index (χ2n) is 6.84. The lowest BCUT2D eigenvalue weighted by atomic mass is 10.1. The average Bonchev–Trinajstić information content (AvgIpc) is 2.88. The number of hydrogen-bond acceptors (Lipinski definition) is 3. The van der Waals surface area contributed by atoms with Crippen molar-refractivity contribution in [3.63, 3.8) is 0 Å². The van der Waals surface area contributed by atoms with E-state index in [9.17, 15) is 5.11 Å². The molecule has 0 amide bonds. The van der Waals surface area contributed by atoms with Crippen LogP contribution in [0, 0.1) is 27.7 Å². The maximum absolute atomic E-state index is 10.1. The predicted molar refractivity (Wildman–Crippen MR) is 101 cm³/mol. The van der Waals surface area contributed by atoms with Crippen molar-refractivity contribution in [1.29, 1.82) is 0 Å². The van der Waals surface area contributed by atoms with E-state index >= 15 is 0 Å². The van der Waals surface area contributed by atoms with Crippen molar-refractivity contribution in [2.24, 2.45) is 0 Å². The fourth-order valence-corrected chi connectivity index (χ4v) is 3.16. The molecule has 2 aromatic carbocycles. The zero-order valence-corrected chi connectivity index (χ0v) is 15.6. The lowest BCUT2D eigenvalue weighted by Gasteiger charge is -2.14. The topological polar surface area (TPSA) is 47.3 Å². The van der Waals surface area contributed by atoms with Crippen molar-refractivity contribution in [2.45, 2.75) is 47.3 Å². The second kappa shape index (κ2) is 6.89. The highest BCUT2D eigenvalue weighted by molar-refractivity contribution is 5.78. The first kappa shape index (κ1) is 17.5. The molecule has 0 bridgehead atoms. The molecule has 0 aliphatic heterocycles. The van der Waals surface area contributed by atoms with Crippen LogP contribution in [0.5, 0.6) is 5.75 Å². The molecule has 4 heteroatoms. The molecule has 1 aromatic heterocycles. The highest BCUT2D eigenvalue weighted by atomic mass is 16.5. The van der Waals surface area contributed by atoms with E-state index in [1.165, 1.54) is 16.7 Å². The van der Waals surface area contributed by atoms with Crippen LogP contribution in [0.25, 0.3) is 11.0 Å². The molecule has 0 fully saturated rings. The van der Waals surface area contributed by atoms with Crippen LogP contribution in [-0.2, 0) is 6.54 Å². The smallest absolute Gasteiger partial charge is 0.138 e. The van der Waals surface area contributed by atoms with E-state index in [1.54, 1.807) is 6.92 Å². The number of aliphatic hydroxyl groups is 1. The molecule has 3 aromatic rings. The number of rotatable bonds is 5. The molecule has 25 heavy (non-hydrogen) atoms. The Morgan fingerprint density at radius 3 is 2.44 bits per heavy atom. The SMILES string of the molecule is Cc1ccc(OCCn2c(C(C)O)nc3cc(C)c(C)cc32)c(C)c1. The summed E-state index contributed by atoms with van der Waals surface area (Å²) in [7, 11) is 0. The van der Waals surface area contributed by atoms with Gasteiger partial charge in [0.15, 0.2) is 0 Å². The lowest BCUT2D eigenvalue weighted by Crippen LogP contribution is -2.13. The molecule has 0 aliphatic rings. The monoisotopic (exact) mass is 338 g/mol. The minimum atomic E-state index is -0.617. The Labute approximate surface area is 149 Å². The Morgan fingerprint density at radius 1 is 1.04 bits per heavy atom. The highest BCUT2D eigenvalue weighted by Gasteiger charge is 2.15. The summed E-state index contributed by atoms with van der Waals surface area (Å²) < 4.78 is 8.04. The normalized spacial score (nSPS) is 12.6. The molecule has 0 aliphatic carbocycles. The third-order valence-electron chi connectivity index (χ3n) is 4.67. The maximum atomic E-state index is 10.1. The summed E-state index contributed by atoms with van der Waals surface area (Å²) in [4.78, 5) is 4.63. The van der Waals surface area contributed by atoms with Gasteiger partial charge in [-0.25, -0.2) is 4.98 Å². The van der Waals surface area contributed by atoms with E-state index in [1.807, 2.05) is 6.07 Å². The number of benzene rings is 2. The minimum absolute atomic E-state index is 0.530. The van der Waals surface area contributed by atoms with E-state index in [0.717, 1.165) is 22.3 Å². The highest BCUT2D eigenvalue weighted by Crippen LogP contribution is 2.24. The molecule has 3 rings (SSSR count). The van der Waals surface area contributed by atoms with Crippen LogP contribution in [0.2, 0.25) is 0 Å². The van der Waals surface area contributed by atoms with Crippen LogP contribution < -0.4 is 4.74 Å². The van der Waals surface area contributed by atoms with Gasteiger partial charge in [-0.05, 0) is 69.5 Å². The number of fused-ring (bicyclic) bond motifs is 1. The quantitative estimate of drug-likeness (QED) is 0.750. The Kier molecular flexibility index (Phi) is 4.82. The first-order valence-electron chi connectivity index (χ1n) is 8.72. The molecular weight excluding hydrogens is 312 g/mol. The van der Waals surface area contributed by atoms with Crippen molar-refractivity contribution < 1.29 is 9.84 Å². The predicted octanol–water partition coefficient (Wildman–Crippen LogP) is 4.40. The number of hydrogen-bond donors (Lipinski definition) is 1. The van der Waals surface area contributed by atoms with Crippen molar-refractivity contribution >= 4 is 11.0 Å². The van der Waals surface area contributed by atoms with Gasteiger partial charge in [-0.15, -0.1) is 0 Å². The third kappa shape index (κ3) is 3.54. The minimum Gasteiger partial charge on any atom is -0.491 e. The van der Waals surface area contributed by atoms with Crippen LogP contribution >= 0.6 is 0 Å². The molecule has 132 valence electrons. The van der Waals surface area contributed by atoms with Gasteiger partial charge in [-0.1, -0.05) is 17.7 Å². The first-order chi connectivity index (χ1) is 11.9. The zero-order chi connectivity index (χ0) is 18.1. The molecule has 1 heterocycles. The molecule has 1 unspecified atom stereocenters. The maximum Gasteiger partial charge on any atom is 0.138 e. The Bertz CT molecular complexity index is 910. The molecule has 4 nitrogen and oxygen atoms in total. The second-order valence-corrected chi connectivity index (χ2v) is 6.84. The largest absolute Gasteiger partial charge is 0.491 e. The number of imidazole rings is 1. The third-order valence-corrected chi connectivity index (χ3v) is 4.67. The summed E-state index contributed by atoms with van der Waals surface area (Å²) in [6.45, 7) is 11.2. The van der Waals surface area contributed by atoms with Crippen LogP contribution in [0.1, 0.15) is 41.1 Å². The number of aliphatic hydroxyl groups excluding tert-OH is 1. The summed E-state index contributed by atoms with van der Waals surface area (Å²) in [5.41, 5.74) is 6.76. The molecule has 1 N–H and O–H groups in total. The van der Waals surface area contributed by atoms with Gasteiger partial charge in [-0.2, -0.15) is 0 Å². The summed E-state index contributed by atoms with van der Waals surface area (Å²) >= 11 is 0. The summed E-state index contributed by atoms with van der Waals surface area (Å²) in [6.07, 6.45) is -0.617. The fourth-order valence-electron chi connectivity index (χ4n) is 3.16. The van der Waals surface area contributed by atoms with Crippen molar-refractivity contribution in [2.75, 3.05) is 6.61 Å². The number of aryl methyl sites for hydroxylation is 4. The standard InChI is InChI=1S/C21H26N2O2/c1-13-6-7-20(16(4)10-13)25-9-8-23-19-12-15(3)14(2)11-18(19)22-21(23)17(5)24/h6-7,10-12,17,24H,8-9H2,1-5H3. The molecule has 0 spiro atoms. The molecule has 0 saturated heterocycles. The van der Waals surface area contributed by atoms with Crippen LogP contribution in [0.15, 0.2) is 30.3 Å². The van der Waals surface area contributed by atoms with Gasteiger partial charge >= 0.3 is 0 Å². The van der Waals surface area contributed by atoms with E-state index < -0.39 is 6.10 Å². The molecule has 0 saturated carbocycles. The zero-order valence-electron chi connectivity index (χ0n) is 15.6. The van der Waals surface area contributed by atoms with Crippen LogP contribution in [0.4, 0.5) is 0 Å². The molecule has 0 radical (unpaired) electrons. The molecule has 1 atom stereocenters. The first-order valence-corrected chi connectivity index (χ1v) is 8.72. The van der Waals surface area contributed by atoms with Gasteiger partial charge in [-0.3, -0.25) is 0 Å². The summed E-state index contributed by atoms with van der Waals surface area (Å²) in [5, 5.41) is 10.1. The number of nitrogens with zero attached hydrogens (tertiary/aromatic N) is 2. The van der Waals surface area contributed by atoms with Gasteiger partial charge in [0.05, 0.1) is 17.6 Å².